The fraction of sp³-hybridized carbons (Fsp3) is 0.462. The van der Waals surface area contributed by atoms with E-state index in [2.05, 4.69) is 26.6 Å². The third-order valence-corrected chi connectivity index (χ3v) is 24.8. The summed E-state index contributed by atoms with van der Waals surface area (Å²) in [4.78, 5) is 188. The van der Waals surface area contributed by atoms with Gasteiger partial charge in [0.1, 0.15) is 78.0 Å². The molecule has 12 atom stereocenters. The lowest BCUT2D eigenvalue weighted by molar-refractivity contribution is -0.688. The van der Waals surface area contributed by atoms with Gasteiger partial charge in [0.2, 0.25) is 36.2 Å². The molecular weight excluding hydrogens is 1940 g/mol. The second-order valence-corrected chi connectivity index (χ2v) is 37.6. The summed E-state index contributed by atoms with van der Waals surface area (Å²) >= 11 is 0. The van der Waals surface area contributed by atoms with Crippen molar-refractivity contribution >= 4 is 124 Å². The van der Waals surface area contributed by atoms with Crippen LogP contribution in [0.25, 0.3) is 12.2 Å². The van der Waals surface area contributed by atoms with Crippen LogP contribution in [-0.2, 0) is 84.8 Å². The third kappa shape index (κ3) is 37.5. The molecule has 12 rings (SSSR count). The average Bonchev–Trinajstić information content (AvgIpc) is 1.60. The number of imide groups is 2. The lowest BCUT2D eigenvalue weighted by atomic mass is 9.90. The van der Waals surface area contributed by atoms with E-state index in [4.69, 9.17) is 55.0 Å². The number of aliphatic carboxylic acids is 2. The summed E-state index contributed by atoms with van der Waals surface area (Å²) in [6.45, 7) is 10.3. The molecule has 0 aliphatic carbocycles. The Morgan fingerprint density at radius 3 is 1.30 bits per heavy atom. The number of hydrogen-bond acceptors (Lipinski definition) is 32. The van der Waals surface area contributed by atoms with Crippen LogP contribution < -0.4 is 66.9 Å². The number of ketones is 2. The van der Waals surface area contributed by atoms with E-state index in [1.807, 2.05) is 68.0 Å². The summed E-state index contributed by atoms with van der Waals surface area (Å²) in [5.41, 5.74) is 16.3. The van der Waals surface area contributed by atoms with Gasteiger partial charge in [-0.2, -0.15) is 0 Å². The van der Waals surface area contributed by atoms with Crippen LogP contribution in [0.2, 0.25) is 0 Å². The molecule has 0 saturated carbocycles. The van der Waals surface area contributed by atoms with E-state index in [0.717, 1.165) is 149 Å². The van der Waals surface area contributed by atoms with Gasteiger partial charge < -0.3 is 127 Å². The molecule has 149 heavy (non-hydrogen) atoms. The Bertz CT molecular complexity index is 5710. The Kier molecular flexibility index (Phi) is 46.4. The summed E-state index contributed by atoms with van der Waals surface area (Å²) in [5.74, 6) is -6.14. The summed E-state index contributed by atoms with van der Waals surface area (Å²) in [6.07, 6.45) is 13.7. The number of likely N-dealkylation sites (tertiary alicyclic amines) is 2. The number of hydrogen-bond donors (Lipinski definition) is 15. The molecule has 43 nitrogen and oxygen atoms in total. The average molecular weight is 2070 g/mol. The second kappa shape index (κ2) is 58.5. The Labute approximate surface area is 861 Å². The number of unbranched alkanes of at least 4 members (excludes halogenated alkanes) is 4. The molecular formula is C106H135N13O30. The maximum absolute atomic E-state index is 13.3. The monoisotopic (exact) mass is 2070 g/mol. The van der Waals surface area contributed by atoms with E-state index in [0.29, 0.717) is 84.5 Å². The van der Waals surface area contributed by atoms with Crippen LogP contribution in [0.15, 0.2) is 170 Å². The van der Waals surface area contributed by atoms with Gasteiger partial charge in [0.15, 0.2) is 49.4 Å². The number of allylic oxidation sites excluding steroid dienone is 2. The Hall–Kier alpha value is -14.3. The number of carboxylic acid groups (broad SMARTS) is 2. The molecule has 43 heteroatoms. The molecule has 11 amide bonds. The summed E-state index contributed by atoms with van der Waals surface area (Å²) in [5, 5.41) is 113. The fourth-order valence-corrected chi connectivity index (χ4v) is 17.1. The molecule has 8 heterocycles. The van der Waals surface area contributed by atoms with E-state index in [1.54, 1.807) is 125 Å². The van der Waals surface area contributed by atoms with Crippen molar-refractivity contribution in [2.75, 3.05) is 80.7 Å². The molecule has 0 bridgehead atoms. The summed E-state index contributed by atoms with van der Waals surface area (Å²) in [7, 11) is 0. The first kappa shape index (κ1) is 118. The number of aliphatic hydroxyl groups is 8. The third-order valence-electron chi connectivity index (χ3n) is 24.8. The predicted octanol–water partition coefficient (Wildman–Crippen LogP) is 1.86. The second-order valence-electron chi connectivity index (χ2n) is 37.6. The quantitative estimate of drug-likeness (QED) is 0.00854. The number of ether oxygens (including phenoxy) is 5. The first-order chi connectivity index (χ1) is 71.0. The Balaban J connectivity index is 0.000000310. The fourth-order valence-electron chi connectivity index (χ4n) is 17.1. The molecule has 17 N–H and O–H groups in total. The first-order valence-electron chi connectivity index (χ1n) is 49.5. The zero-order valence-corrected chi connectivity index (χ0v) is 84.1. The van der Waals surface area contributed by atoms with Gasteiger partial charge >= 0.3 is 6.09 Å². The number of rotatable bonds is 43. The van der Waals surface area contributed by atoms with Gasteiger partial charge in [-0.1, -0.05) is 57.6 Å². The number of aromatic nitrogens is 2. The van der Waals surface area contributed by atoms with Crippen molar-refractivity contribution in [1.82, 2.24) is 30.2 Å². The largest absolute Gasteiger partial charge is 0.550 e. The van der Waals surface area contributed by atoms with Gasteiger partial charge in [0.25, 0.3) is 35.4 Å². The molecule has 6 aliphatic rings. The maximum Gasteiger partial charge on any atom is 0.412 e. The van der Waals surface area contributed by atoms with Gasteiger partial charge in [0.05, 0.1) is 24.6 Å². The number of nitrogen functional groups attached to an aromatic ring is 1. The molecule has 0 radical (unpaired) electrons. The van der Waals surface area contributed by atoms with Crippen molar-refractivity contribution in [1.29, 1.82) is 0 Å². The van der Waals surface area contributed by atoms with Crippen molar-refractivity contribution in [3.8, 4) is 11.5 Å². The molecule has 0 spiro atoms. The SMILES string of the molecule is CC(=O)[O-].CC(=O)[O-].CC[C@@H](C(=O)NCCC(=O)Nc1cc(C[n+]2cccc(/C=C/C(=O)CCCCCC3CCN(C(=O)c4cccc(NC(=O)OC(C)(C)C)c4)CC3)c2)ccc1O[C@H]1O[C@H](CO)[C@@H](O)[C@H](O)[C@@H]1O)N1C(=O)C=CC1=O.NC[C@@H](C(=O)NCCC(=O)Nc1cc(C[n+]2cccc(/C=C/C(=O)CCCCCC3CCN(C(=O)c4cccc(N)c4)CC3)c2)ccc1O[C@H]1O[C@H](CO)[C@@H](O)[C@H](O)[C@@H]1O)N1C(=O)C=CC1=O. The number of nitrogens with zero attached hydrogens (tertiary/aromatic N) is 6. The maximum atomic E-state index is 13.3. The number of carbonyl (C=O) groups excluding carboxylic acids is 15. The van der Waals surface area contributed by atoms with Crippen molar-refractivity contribution < 1.29 is 156 Å². The number of carboxylic acids is 2. The lowest BCUT2D eigenvalue weighted by Crippen LogP contribution is -2.60. The highest BCUT2D eigenvalue weighted by Crippen LogP contribution is 2.35. The zero-order valence-electron chi connectivity index (χ0n) is 84.1. The molecule has 6 aliphatic heterocycles. The first-order valence-corrected chi connectivity index (χ1v) is 49.5. The van der Waals surface area contributed by atoms with Gasteiger partial charge in [-0.25, -0.2) is 13.9 Å². The molecule has 0 unspecified atom stereocenters. The minimum absolute atomic E-state index is 0.00630. The van der Waals surface area contributed by atoms with Crippen LogP contribution in [0.1, 0.15) is 194 Å². The number of aliphatic hydroxyl groups excluding tert-OH is 8. The van der Waals surface area contributed by atoms with Crippen LogP contribution in [0, 0.1) is 11.8 Å². The number of carbonyl (C=O) groups is 15. The van der Waals surface area contributed by atoms with E-state index in [1.165, 1.54) is 12.1 Å². The normalized spacial score (nSPS) is 20.2. The van der Waals surface area contributed by atoms with Gasteiger partial charge in [-0.05, 0) is 201 Å². The highest BCUT2D eigenvalue weighted by atomic mass is 16.7. The van der Waals surface area contributed by atoms with E-state index in [9.17, 15) is 103 Å². The van der Waals surface area contributed by atoms with Crippen molar-refractivity contribution in [3.05, 3.63) is 204 Å². The van der Waals surface area contributed by atoms with Gasteiger partial charge in [-0.3, -0.25) is 72.7 Å². The Morgan fingerprint density at radius 2 is 0.906 bits per heavy atom. The molecule has 4 fully saturated rings. The number of benzene rings is 4. The van der Waals surface area contributed by atoms with Crippen LogP contribution in [0.3, 0.4) is 0 Å². The lowest BCUT2D eigenvalue weighted by Gasteiger charge is -2.39. The molecule has 4 aromatic carbocycles. The van der Waals surface area contributed by atoms with Crippen molar-refractivity contribution in [2.45, 2.75) is 243 Å². The molecule has 804 valence electrons. The number of amides is 11. The van der Waals surface area contributed by atoms with Crippen LogP contribution >= 0.6 is 0 Å². The van der Waals surface area contributed by atoms with E-state index in [-0.39, 0.29) is 85.2 Å². The number of pyridine rings is 2. The van der Waals surface area contributed by atoms with Gasteiger partial charge in [-0.15, -0.1) is 0 Å². The number of piperidine rings is 2. The standard InChI is InChI=1S/C54H68N6O14.C48H59N7O12.2C2H4O2/c1-5-41(60-45(64)20-21-46(60)65)50(69)55-25-22-44(63)57-40-29-36(17-19-42(40)72-52-49(68)48(67)47(66)43(33-61)73-52)32-58-26-10-12-35(31-58)16-18-39(62)15-8-6-7-11-34-23-27-59(28-24-34)51(70)37-13-9-14-38(30-37)56-53(71)74-54(2,3)4;49-26-37(55-41(59)15-16-42(55)60)46(64)51-20-17-40(58)52-36-24-32(12-14-38(36)66-48-45(63)44(62)43(61)39(29-56)67-48)28-53-21-5-7-31(27-53)11-13-35(57)10-3-1-2-6-30-18-22-54(23-19-30)47(65)33-8-4-9-34(50)25-33;2*1-2(3)4/h9-10,12-14,16-21,26,29-31,34,41,43,47-49,52,61,66-68H,5-8,11,15,22-25,27-28,32-33H2,1-4H3,(H2-,55,56,57,63,69,71);4-5,7-9,11-16,21,24-25,27,30,37,39,43-45,48,56,61-63H,1-3,6,10,17-20,22-23,26,28-29,49-50H2,(H-,51,52,58,64);2*1H3,(H,3,4)/b18-16+;13-11+;;/t41-,43+,47+,48-,49-,52-;37-,39+,43+,44-,45-,48-;;/m00../s1. The minimum atomic E-state index is -1.73. The van der Waals surface area contributed by atoms with Crippen LogP contribution in [0.5, 0.6) is 11.5 Å². The topological polar surface area (TPSA) is 643 Å². The van der Waals surface area contributed by atoms with Crippen molar-refractivity contribution in [3.63, 3.8) is 0 Å². The smallest absolute Gasteiger partial charge is 0.412 e. The highest BCUT2D eigenvalue weighted by molar-refractivity contribution is 6.16. The number of nitrogens with two attached hydrogens (primary N) is 2. The molecule has 2 aromatic heterocycles. The van der Waals surface area contributed by atoms with Crippen LogP contribution in [-0.4, -0.2) is 287 Å². The Morgan fingerprint density at radius 1 is 0.503 bits per heavy atom. The summed E-state index contributed by atoms with van der Waals surface area (Å²) in [6, 6.07) is 28.7. The molecule has 4 saturated heterocycles. The van der Waals surface area contributed by atoms with Gasteiger partial charge in [0, 0.05) is 165 Å². The minimum Gasteiger partial charge on any atom is -0.550 e. The van der Waals surface area contributed by atoms with Crippen molar-refractivity contribution in [2.24, 2.45) is 17.6 Å². The number of anilines is 4. The number of nitrogens with one attached hydrogen (secondary N) is 5. The zero-order chi connectivity index (χ0) is 109. The molecule has 6 aromatic rings. The van der Waals surface area contributed by atoms with E-state index >= 15 is 0 Å². The summed E-state index contributed by atoms with van der Waals surface area (Å²) < 4.78 is 32.0. The van der Waals surface area contributed by atoms with E-state index < -0.39 is 158 Å². The highest BCUT2D eigenvalue weighted by Gasteiger charge is 2.47. The van der Waals surface area contributed by atoms with Crippen LogP contribution in [0.4, 0.5) is 27.5 Å². The predicted molar refractivity (Wildman–Crippen MR) is 535 cm³/mol.